The molecule has 2 aromatic heterocycles. The number of aryl methyl sites for hydroxylation is 2. The van der Waals surface area contributed by atoms with Crippen LogP contribution in [0.5, 0.6) is 0 Å². The fourth-order valence-corrected chi connectivity index (χ4v) is 4.13. The van der Waals surface area contributed by atoms with E-state index < -0.39 is 0 Å². The van der Waals surface area contributed by atoms with E-state index in [1.807, 2.05) is 24.3 Å². The van der Waals surface area contributed by atoms with Crippen molar-refractivity contribution in [2.75, 3.05) is 5.32 Å². The summed E-state index contributed by atoms with van der Waals surface area (Å²) in [5.41, 5.74) is 3.97. The Labute approximate surface area is 169 Å². The average molecular weight is 391 g/mol. The predicted octanol–water partition coefficient (Wildman–Crippen LogP) is 4.07. The van der Waals surface area contributed by atoms with Crippen LogP contribution in [-0.2, 0) is 13.0 Å². The van der Waals surface area contributed by atoms with Crippen LogP contribution in [0.3, 0.4) is 0 Å². The lowest BCUT2D eigenvalue weighted by atomic mass is 10.1. The maximum Gasteiger partial charge on any atom is 0.272 e. The molecule has 0 bridgehead atoms. The van der Waals surface area contributed by atoms with E-state index in [4.69, 9.17) is 0 Å². The number of nitrogens with one attached hydrogen (secondary N) is 2. The molecular formula is C22H25N5O2. The molecule has 0 unspecified atom stereocenters. The van der Waals surface area contributed by atoms with Crippen LogP contribution in [0, 0.1) is 13.8 Å². The monoisotopic (exact) mass is 391 g/mol. The first-order chi connectivity index (χ1) is 14.0. The van der Waals surface area contributed by atoms with Gasteiger partial charge in [-0.3, -0.25) is 9.59 Å². The van der Waals surface area contributed by atoms with Gasteiger partial charge in [0, 0.05) is 35.5 Å². The molecule has 150 valence electrons. The van der Waals surface area contributed by atoms with Crippen molar-refractivity contribution in [2.45, 2.75) is 53.0 Å². The zero-order valence-corrected chi connectivity index (χ0v) is 17.0. The highest BCUT2D eigenvalue weighted by atomic mass is 16.2. The molecule has 7 nitrogen and oxygen atoms in total. The average Bonchev–Trinajstić information content (AvgIpc) is 3.13. The van der Waals surface area contributed by atoms with Crippen LogP contribution in [0.1, 0.15) is 64.1 Å². The van der Waals surface area contributed by atoms with Gasteiger partial charge in [0.2, 0.25) is 0 Å². The zero-order chi connectivity index (χ0) is 20.5. The van der Waals surface area contributed by atoms with Crippen molar-refractivity contribution < 1.29 is 9.59 Å². The standard InChI is InChI=1S/C22H25N5O2/c1-13-19(15(3)28)14(2)23-20(13)22(29)24-17-9-7-8-16(12-17)21-26-25-18-10-5-4-6-11-27(18)21/h7-9,12,23H,4-6,10-11H2,1-3H3,(H,24,29). The Kier molecular flexibility index (Phi) is 5.05. The minimum absolute atomic E-state index is 0.0511. The summed E-state index contributed by atoms with van der Waals surface area (Å²) in [6.07, 6.45) is 4.42. The van der Waals surface area contributed by atoms with Crippen molar-refractivity contribution >= 4 is 17.4 Å². The first-order valence-electron chi connectivity index (χ1n) is 9.99. The molecule has 0 atom stereocenters. The minimum atomic E-state index is -0.268. The highest BCUT2D eigenvalue weighted by Gasteiger charge is 2.20. The number of benzene rings is 1. The molecule has 1 aromatic carbocycles. The molecule has 1 aliphatic heterocycles. The molecule has 4 rings (SSSR count). The highest BCUT2D eigenvalue weighted by Crippen LogP contribution is 2.26. The molecule has 0 aliphatic carbocycles. The van der Waals surface area contributed by atoms with Crippen LogP contribution in [0.4, 0.5) is 5.69 Å². The molecule has 0 fully saturated rings. The molecule has 3 aromatic rings. The summed E-state index contributed by atoms with van der Waals surface area (Å²) in [5, 5.41) is 11.7. The third-order valence-electron chi connectivity index (χ3n) is 5.50. The lowest BCUT2D eigenvalue weighted by Gasteiger charge is -2.09. The van der Waals surface area contributed by atoms with Crippen molar-refractivity contribution in [1.82, 2.24) is 19.7 Å². The Bertz CT molecular complexity index is 1090. The largest absolute Gasteiger partial charge is 0.354 e. The van der Waals surface area contributed by atoms with Crippen LogP contribution in [0.15, 0.2) is 24.3 Å². The smallest absolute Gasteiger partial charge is 0.272 e. The minimum Gasteiger partial charge on any atom is -0.354 e. The number of aromatic nitrogens is 4. The predicted molar refractivity (Wildman–Crippen MR) is 111 cm³/mol. The SMILES string of the molecule is CC(=O)c1c(C)[nH]c(C(=O)Nc2cccc(-c3nnc4n3CCCCC4)c2)c1C. The molecule has 0 saturated carbocycles. The van der Waals surface area contributed by atoms with Crippen molar-refractivity contribution in [3.63, 3.8) is 0 Å². The fraction of sp³-hybridized carbons (Fsp3) is 0.364. The quantitative estimate of drug-likeness (QED) is 0.656. The van der Waals surface area contributed by atoms with Crippen LogP contribution in [-0.4, -0.2) is 31.4 Å². The maximum absolute atomic E-state index is 12.8. The molecule has 7 heteroatoms. The van der Waals surface area contributed by atoms with Gasteiger partial charge in [-0.25, -0.2) is 0 Å². The Balaban J connectivity index is 1.61. The van der Waals surface area contributed by atoms with Crippen LogP contribution in [0.25, 0.3) is 11.4 Å². The van der Waals surface area contributed by atoms with E-state index in [-0.39, 0.29) is 11.7 Å². The van der Waals surface area contributed by atoms with E-state index >= 15 is 0 Å². The molecule has 1 amide bonds. The topological polar surface area (TPSA) is 92.7 Å². The molecule has 0 saturated heterocycles. The van der Waals surface area contributed by atoms with Crippen molar-refractivity contribution in [3.05, 3.63) is 52.6 Å². The van der Waals surface area contributed by atoms with Gasteiger partial charge in [-0.2, -0.15) is 0 Å². The van der Waals surface area contributed by atoms with Gasteiger partial charge in [0.15, 0.2) is 11.6 Å². The normalized spacial score (nSPS) is 13.6. The summed E-state index contributed by atoms with van der Waals surface area (Å²) in [6.45, 7) is 6.02. The van der Waals surface area contributed by atoms with Gasteiger partial charge < -0.3 is 14.9 Å². The molecule has 1 aliphatic rings. The van der Waals surface area contributed by atoms with Gasteiger partial charge in [-0.1, -0.05) is 18.6 Å². The summed E-state index contributed by atoms with van der Waals surface area (Å²) >= 11 is 0. The van der Waals surface area contributed by atoms with Crippen molar-refractivity contribution in [2.24, 2.45) is 0 Å². The summed E-state index contributed by atoms with van der Waals surface area (Å²) in [5.74, 6) is 1.55. The number of rotatable bonds is 4. The van der Waals surface area contributed by atoms with Crippen LogP contribution in [0.2, 0.25) is 0 Å². The van der Waals surface area contributed by atoms with E-state index in [0.717, 1.165) is 43.0 Å². The number of hydrogen-bond donors (Lipinski definition) is 2. The Morgan fingerprint density at radius 3 is 2.72 bits per heavy atom. The zero-order valence-electron chi connectivity index (χ0n) is 17.0. The third kappa shape index (κ3) is 3.60. The maximum atomic E-state index is 12.8. The number of ketones is 1. The number of anilines is 1. The molecular weight excluding hydrogens is 366 g/mol. The highest BCUT2D eigenvalue weighted by molar-refractivity contribution is 6.07. The molecule has 3 heterocycles. The summed E-state index contributed by atoms with van der Waals surface area (Å²) < 4.78 is 2.19. The Morgan fingerprint density at radius 2 is 1.97 bits per heavy atom. The molecule has 0 radical (unpaired) electrons. The third-order valence-corrected chi connectivity index (χ3v) is 5.50. The van der Waals surface area contributed by atoms with Crippen molar-refractivity contribution in [1.29, 1.82) is 0 Å². The van der Waals surface area contributed by atoms with E-state index in [1.165, 1.54) is 13.3 Å². The first kappa shape index (κ1) is 19.1. The second-order valence-electron chi connectivity index (χ2n) is 7.62. The van der Waals surface area contributed by atoms with Gasteiger partial charge >= 0.3 is 0 Å². The van der Waals surface area contributed by atoms with Gasteiger partial charge in [0.1, 0.15) is 11.5 Å². The van der Waals surface area contributed by atoms with Gasteiger partial charge in [-0.05, 0) is 51.3 Å². The van der Waals surface area contributed by atoms with Crippen molar-refractivity contribution in [3.8, 4) is 11.4 Å². The van der Waals surface area contributed by atoms with Gasteiger partial charge in [-0.15, -0.1) is 10.2 Å². The lowest BCUT2D eigenvalue weighted by molar-refractivity contribution is 0.101. The fourth-order valence-electron chi connectivity index (χ4n) is 4.13. The van der Waals surface area contributed by atoms with E-state index in [1.54, 1.807) is 13.8 Å². The lowest BCUT2D eigenvalue weighted by Crippen LogP contribution is -2.14. The summed E-state index contributed by atoms with van der Waals surface area (Å²) in [4.78, 5) is 27.7. The number of Topliss-reactive ketones (excluding diaryl/α,β-unsaturated/α-hetero) is 1. The van der Waals surface area contributed by atoms with Crippen LogP contribution < -0.4 is 5.32 Å². The summed E-state index contributed by atoms with van der Waals surface area (Å²) in [7, 11) is 0. The number of hydrogen-bond acceptors (Lipinski definition) is 4. The number of aromatic amines is 1. The molecule has 0 spiro atoms. The van der Waals surface area contributed by atoms with Gasteiger partial charge in [0.25, 0.3) is 5.91 Å². The van der Waals surface area contributed by atoms with Crippen LogP contribution >= 0.6 is 0 Å². The molecule has 29 heavy (non-hydrogen) atoms. The Morgan fingerprint density at radius 1 is 1.14 bits per heavy atom. The second-order valence-corrected chi connectivity index (χ2v) is 7.62. The number of carbonyl (C=O) groups is 2. The number of carbonyl (C=O) groups excluding carboxylic acids is 2. The molecule has 2 N–H and O–H groups in total. The van der Waals surface area contributed by atoms with E-state index in [9.17, 15) is 9.59 Å². The van der Waals surface area contributed by atoms with E-state index in [0.29, 0.717) is 28.2 Å². The second kappa shape index (κ2) is 7.66. The Hall–Kier alpha value is -3.22. The number of fused-ring (bicyclic) bond motifs is 1. The first-order valence-corrected chi connectivity index (χ1v) is 9.99. The number of H-pyrrole nitrogens is 1. The van der Waals surface area contributed by atoms with E-state index in [2.05, 4.69) is 25.1 Å². The summed E-state index contributed by atoms with van der Waals surface area (Å²) in [6, 6.07) is 7.64. The number of amides is 1. The number of nitrogens with zero attached hydrogens (tertiary/aromatic N) is 3. The van der Waals surface area contributed by atoms with Gasteiger partial charge in [0.05, 0.1) is 0 Å².